The van der Waals surface area contributed by atoms with Crippen molar-refractivity contribution in [2.75, 3.05) is 46.0 Å². The van der Waals surface area contributed by atoms with Crippen LogP contribution in [0.25, 0.3) is 5.76 Å². The highest BCUT2D eigenvalue weighted by Crippen LogP contribution is 2.40. The van der Waals surface area contributed by atoms with Crippen molar-refractivity contribution < 1.29 is 28.9 Å². The Balaban J connectivity index is 1.42. The molecule has 2 fully saturated rings. The lowest BCUT2D eigenvalue weighted by Gasteiger charge is -2.29. The van der Waals surface area contributed by atoms with Gasteiger partial charge in [-0.15, -0.1) is 0 Å². The van der Waals surface area contributed by atoms with Crippen LogP contribution in [0.4, 0.5) is 0 Å². The number of hydrogen-bond donors (Lipinski definition) is 1. The largest absolute Gasteiger partial charge is 0.507 e. The molecule has 0 unspecified atom stereocenters. The molecule has 0 aromatic heterocycles. The second-order valence-corrected chi connectivity index (χ2v) is 10.6. The van der Waals surface area contributed by atoms with Gasteiger partial charge in [-0.2, -0.15) is 0 Å². The Labute approximate surface area is 247 Å². The van der Waals surface area contributed by atoms with Crippen molar-refractivity contribution in [1.29, 1.82) is 0 Å². The Bertz CT molecular complexity index is 1410. The van der Waals surface area contributed by atoms with Crippen molar-refractivity contribution in [3.8, 4) is 11.5 Å². The van der Waals surface area contributed by atoms with Crippen LogP contribution in [-0.2, 0) is 20.9 Å². The highest BCUT2D eigenvalue weighted by Gasteiger charge is 2.45. The normalized spacial score (nSPS) is 18.8. The van der Waals surface area contributed by atoms with Crippen LogP contribution in [0.2, 0.25) is 0 Å². The van der Waals surface area contributed by atoms with E-state index in [9.17, 15) is 14.7 Å². The quantitative estimate of drug-likeness (QED) is 0.195. The van der Waals surface area contributed by atoms with Gasteiger partial charge in [-0.05, 0) is 67.3 Å². The van der Waals surface area contributed by atoms with Crippen LogP contribution in [0.1, 0.15) is 41.6 Å². The average molecular weight is 571 g/mol. The molecule has 0 saturated carbocycles. The monoisotopic (exact) mass is 570 g/mol. The Morgan fingerprint density at radius 2 is 1.69 bits per heavy atom. The summed E-state index contributed by atoms with van der Waals surface area (Å²) in [5.41, 5.74) is 3.15. The molecule has 3 aromatic carbocycles. The van der Waals surface area contributed by atoms with Gasteiger partial charge in [0, 0.05) is 31.7 Å². The van der Waals surface area contributed by atoms with Crippen molar-refractivity contribution >= 4 is 17.4 Å². The number of benzene rings is 3. The molecule has 2 aliphatic heterocycles. The number of amides is 1. The zero-order valence-corrected chi connectivity index (χ0v) is 24.3. The number of likely N-dealkylation sites (tertiary alicyclic amines) is 1. The maximum Gasteiger partial charge on any atom is 0.295 e. The van der Waals surface area contributed by atoms with Gasteiger partial charge in [-0.3, -0.25) is 14.5 Å². The first-order valence-electron chi connectivity index (χ1n) is 14.5. The number of ketones is 1. The van der Waals surface area contributed by atoms with Gasteiger partial charge in [0.1, 0.15) is 23.9 Å². The molecule has 220 valence electrons. The van der Waals surface area contributed by atoms with Crippen molar-refractivity contribution in [2.24, 2.45) is 0 Å². The number of hydrogen-bond acceptors (Lipinski definition) is 7. The van der Waals surface area contributed by atoms with Gasteiger partial charge in [0.2, 0.25) is 0 Å². The first-order valence-corrected chi connectivity index (χ1v) is 14.5. The summed E-state index contributed by atoms with van der Waals surface area (Å²) in [5.74, 6) is -0.0911. The summed E-state index contributed by atoms with van der Waals surface area (Å²) in [4.78, 5) is 30.7. The second kappa shape index (κ2) is 13.7. The molecule has 2 heterocycles. The summed E-state index contributed by atoms with van der Waals surface area (Å²) in [6.45, 7) is 9.05. The van der Waals surface area contributed by atoms with Crippen LogP contribution < -0.4 is 9.47 Å². The number of carbonyl (C=O) groups is 2. The topological polar surface area (TPSA) is 88.5 Å². The molecule has 0 spiro atoms. The molecule has 0 aliphatic carbocycles. The van der Waals surface area contributed by atoms with Gasteiger partial charge in [-0.1, -0.05) is 42.5 Å². The summed E-state index contributed by atoms with van der Waals surface area (Å²) in [6.07, 6.45) is 0.702. The zero-order valence-electron chi connectivity index (χ0n) is 24.3. The first kappa shape index (κ1) is 29.4. The molecule has 8 nitrogen and oxygen atoms in total. The predicted molar refractivity (Wildman–Crippen MR) is 160 cm³/mol. The van der Waals surface area contributed by atoms with E-state index in [-0.39, 0.29) is 11.3 Å². The minimum absolute atomic E-state index is 0.0906. The summed E-state index contributed by atoms with van der Waals surface area (Å²) >= 11 is 0. The number of rotatable bonds is 11. The van der Waals surface area contributed by atoms with Crippen molar-refractivity contribution in [1.82, 2.24) is 9.80 Å². The summed E-state index contributed by atoms with van der Waals surface area (Å²) < 4.78 is 17.0. The molecule has 5 rings (SSSR count). The van der Waals surface area contributed by atoms with Gasteiger partial charge in [-0.25, -0.2) is 0 Å². The van der Waals surface area contributed by atoms with E-state index in [1.165, 1.54) is 0 Å². The van der Waals surface area contributed by atoms with E-state index in [1.54, 1.807) is 23.1 Å². The van der Waals surface area contributed by atoms with Gasteiger partial charge in [0.05, 0.1) is 31.4 Å². The number of carbonyl (C=O) groups excluding carboxylic acids is 2. The highest BCUT2D eigenvalue weighted by atomic mass is 16.5. The first-order chi connectivity index (χ1) is 20.5. The molecular weight excluding hydrogens is 532 g/mol. The molecule has 2 saturated heterocycles. The van der Waals surface area contributed by atoms with Gasteiger partial charge in [0.25, 0.3) is 11.7 Å². The fraction of sp³-hybridized carbons (Fsp3) is 0.353. The highest BCUT2D eigenvalue weighted by molar-refractivity contribution is 6.46. The summed E-state index contributed by atoms with van der Waals surface area (Å²) in [7, 11) is 0. The Morgan fingerprint density at radius 3 is 2.38 bits per heavy atom. The van der Waals surface area contributed by atoms with Crippen LogP contribution in [0.15, 0.2) is 78.4 Å². The molecule has 2 aliphatic rings. The molecule has 3 aromatic rings. The number of ether oxygens (including phenoxy) is 3. The molecule has 1 atom stereocenters. The van der Waals surface area contributed by atoms with Crippen molar-refractivity contribution in [3.63, 3.8) is 0 Å². The van der Waals surface area contributed by atoms with E-state index in [2.05, 4.69) is 4.90 Å². The summed E-state index contributed by atoms with van der Waals surface area (Å²) in [6, 6.07) is 21.8. The van der Waals surface area contributed by atoms with Crippen LogP contribution in [-0.4, -0.2) is 72.6 Å². The third-order valence-electron chi connectivity index (χ3n) is 7.71. The van der Waals surface area contributed by atoms with Crippen molar-refractivity contribution in [2.45, 2.75) is 32.9 Å². The third kappa shape index (κ3) is 6.66. The Morgan fingerprint density at radius 1 is 0.952 bits per heavy atom. The number of morpholine rings is 1. The average Bonchev–Trinajstić information content (AvgIpc) is 3.27. The zero-order chi connectivity index (χ0) is 29.5. The minimum Gasteiger partial charge on any atom is -0.507 e. The molecule has 1 N–H and O–H groups in total. The van der Waals surface area contributed by atoms with Crippen LogP contribution in [0, 0.1) is 6.92 Å². The van der Waals surface area contributed by atoms with Gasteiger partial charge >= 0.3 is 0 Å². The third-order valence-corrected chi connectivity index (χ3v) is 7.71. The van der Waals surface area contributed by atoms with E-state index >= 15 is 0 Å². The van der Waals surface area contributed by atoms with Crippen LogP contribution in [0.3, 0.4) is 0 Å². The number of aliphatic hydroxyl groups is 1. The van der Waals surface area contributed by atoms with E-state index in [0.717, 1.165) is 36.3 Å². The predicted octanol–water partition coefficient (Wildman–Crippen LogP) is 5.12. The molecular formula is C34H38N2O6. The molecule has 42 heavy (non-hydrogen) atoms. The second-order valence-electron chi connectivity index (χ2n) is 10.6. The SMILES string of the molecule is CCOc1ccc([C@H]2C(=C(O)c3ccc(OCc4ccccc4)c(C)c3)C(=O)C(=O)N2CCCN2CCOCC2)cc1. The van der Waals surface area contributed by atoms with Crippen LogP contribution in [0.5, 0.6) is 11.5 Å². The Kier molecular flexibility index (Phi) is 9.56. The molecule has 8 heteroatoms. The number of aliphatic hydroxyl groups excluding tert-OH is 1. The minimum atomic E-state index is -0.709. The maximum absolute atomic E-state index is 13.5. The van der Waals surface area contributed by atoms with Gasteiger partial charge in [0.15, 0.2) is 0 Å². The van der Waals surface area contributed by atoms with E-state index in [0.29, 0.717) is 56.5 Å². The van der Waals surface area contributed by atoms with Crippen LogP contribution >= 0.6 is 0 Å². The van der Waals surface area contributed by atoms with E-state index < -0.39 is 17.7 Å². The fourth-order valence-electron chi connectivity index (χ4n) is 5.51. The lowest BCUT2D eigenvalue weighted by molar-refractivity contribution is -0.140. The molecule has 0 bridgehead atoms. The van der Waals surface area contributed by atoms with Gasteiger partial charge < -0.3 is 24.2 Å². The summed E-state index contributed by atoms with van der Waals surface area (Å²) in [5, 5.41) is 11.5. The van der Waals surface area contributed by atoms with Crippen molar-refractivity contribution in [3.05, 3.63) is 101 Å². The lowest BCUT2D eigenvalue weighted by atomic mass is 9.94. The number of nitrogens with zero attached hydrogens (tertiary/aromatic N) is 2. The standard InChI is InChI=1S/C34H38N2O6/c1-3-41-28-13-10-26(11-14-28)31-30(33(38)34(39)36(31)17-7-16-35-18-20-40-21-19-35)32(37)27-12-15-29(24(2)22-27)42-23-25-8-5-4-6-9-25/h4-6,8-15,22,31,37H,3,7,16-21,23H2,1-2H3/t31-/m0/s1. The van der Waals surface area contributed by atoms with E-state index in [1.807, 2.05) is 68.4 Å². The maximum atomic E-state index is 13.5. The number of Topliss-reactive ketones (excluding diaryl/α,β-unsaturated/α-hetero) is 1. The number of aryl methyl sites for hydroxylation is 1. The van der Waals surface area contributed by atoms with E-state index in [4.69, 9.17) is 14.2 Å². The Hall–Kier alpha value is -4.14. The molecule has 1 amide bonds. The lowest BCUT2D eigenvalue weighted by Crippen LogP contribution is -2.38. The smallest absolute Gasteiger partial charge is 0.295 e. The fourth-order valence-corrected chi connectivity index (χ4v) is 5.51. The molecule has 0 radical (unpaired) electrons.